The number of nitrogens with zero attached hydrogens (tertiary/aromatic N) is 1. The van der Waals surface area contributed by atoms with Gasteiger partial charge in [-0.2, -0.15) is 0 Å². The summed E-state index contributed by atoms with van der Waals surface area (Å²) >= 11 is 0. The van der Waals surface area contributed by atoms with Crippen LogP contribution in [0.4, 0.5) is 0 Å². The Morgan fingerprint density at radius 3 is 3.08 bits per heavy atom. The first-order valence-electron chi connectivity index (χ1n) is 4.47. The predicted octanol–water partition coefficient (Wildman–Crippen LogP) is 2.90. The lowest BCUT2D eigenvalue weighted by atomic mass is 10.0. The number of hydrogen-bond donors (Lipinski definition) is 0. The van der Waals surface area contributed by atoms with Gasteiger partial charge in [0.2, 0.25) is 0 Å². The Kier molecular flexibility index (Phi) is 1.28. The van der Waals surface area contributed by atoms with Gasteiger partial charge in [0.05, 0.1) is 0 Å². The molecule has 1 aliphatic heterocycles. The molecule has 1 aromatic carbocycles. The molecule has 1 aromatic rings. The van der Waals surface area contributed by atoms with Crippen molar-refractivity contribution in [2.75, 3.05) is 0 Å². The largest absolute Gasteiger partial charge is 0.261 e. The van der Waals surface area contributed by atoms with Crippen molar-refractivity contribution in [1.29, 1.82) is 0 Å². The van der Waals surface area contributed by atoms with Crippen molar-refractivity contribution in [2.24, 2.45) is 4.99 Å². The number of aliphatic imine (C=N–C) groups is 1. The first-order chi connectivity index (χ1) is 6.45. The fraction of sp³-hybridized carbons (Fsp3) is 0.0833. The molecule has 0 saturated heterocycles. The third kappa shape index (κ3) is 1.04. The maximum absolute atomic E-state index is 4.32. The standard InChI is InChI=1S/C12H9N/c1-2-6-10-9(4-1)5-3-7-13-12-8-11(10)12/h1-7H,8H2/b5-3-,7-3?,9-5?,11-10?,13-7?,13-12?. The van der Waals surface area contributed by atoms with Crippen LogP contribution in [0.2, 0.25) is 0 Å². The van der Waals surface area contributed by atoms with Gasteiger partial charge in [0.25, 0.3) is 0 Å². The molecule has 62 valence electrons. The van der Waals surface area contributed by atoms with Crippen LogP contribution < -0.4 is 0 Å². The molecule has 1 heterocycles. The van der Waals surface area contributed by atoms with Crippen molar-refractivity contribution in [3.8, 4) is 0 Å². The molecular weight excluding hydrogens is 158 g/mol. The molecule has 0 amide bonds. The summed E-state index contributed by atoms with van der Waals surface area (Å²) in [6, 6.07) is 8.47. The molecule has 0 aromatic heterocycles. The Labute approximate surface area is 77.1 Å². The fourth-order valence-corrected chi connectivity index (χ4v) is 1.69. The van der Waals surface area contributed by atoms with Crippen molar-refractivity contribution in [3.05, 3.63) is 47.2 Å². The highest BCUT2D eigenvalue weighted by Gasteiger charge is 2.24. The highest BCUT2D eigenvalue weighted by molar-refractivity contribution is 5.92. The summed E-state index contributed by atoms with van der Waals surface area (Å²) in [5.41, 5.74) is 5.32. The molecule has 0 saturated carbocycles. The highest BCUT2D eigenvalue weighted by atomic mass is 14.8. The molecule has 0 unspecified atom stereocenters. The summed E-state index contributed by atoms with van der Waals surface area (Å²) in [7, 11) is 0. The van der Waals surface area contributed by atoms with E-state index in [4.69, 9.17) is 0 Å². The third-order valence-corrected chi connectivity index (χ3v) is 2.45. The minimum absolute atomic E-state index is 1.06. The molecule has 1 aliphatic carbocycles. The van der Waals surface area contributed by atoms with E-state index in [2.05, 4.69) is 35.3 Å². The summed E-state index contributed by atoms with van der Waals surface area (Å²) in [6.07, 6.45) is 7.05. The van der Waals surface area contributed by atoms with Crippen molar-refractivity contribution in [1.82, 2.24) is 0 Å². The van der Waals surface area contributed by atoms with E-state index in [0.717, 1.165) is 6.42 Å². The lowest BCUT2D eigenvalue weighted by Crippen LogP contribution is -1.81. The van der Waals surface area contributed by atoms with E-state index in [1.807, 2.05) is 12.3 Å². The van der Waals surface area contributed by atoms with E-state index in [-0.39, 0.29) is 0 Å². The average molecular weight is 167 g/mol. The molecule has 1 nitrogen and oxygen atoms in total. The van der Waals surface area contributed by atoms with Crippen molar-refractivity contribution in [3.63, 3.8) is 0 Å². The van der Waals surface area contributed by atoms with Gasteiger partial charge in [-0.3, -0.25) is 4.99 Å². The van der Waals surface area contributed by atoms with Crippen LogP contribution in [0.15, 0.2) is 41.0 Å². The predicted molar refractivity (Wildman–Crippen MR) is 55.5 cm³/mol. The maximum Gasteiger partial charge on any atom is 0.0490 e. The van der Waals surface area contributed by atoms with Crippen LogP contribution >= 0.6 is 0 Å². The van der Waals surface area contributed by atoms with Gasteiger partial charge in [-0.15, -0.1) is 0 Å². The molecule has 0 fully saturated rings. The van der Waals surface area contributed by atoms with Crippen LogP contribution in [0, 0.1) is 0 Å². The van der Waals surface area contributed by atoms with Gasteiger partial charge >= 0.3 is 0 Å². The average Bonchev–Trinajstić information content (AvgIpc) is 2.88. The molecule has 0 spiro atoms. The second-order valence-corrected chi connectivity index (χ2v) is 3.33. The summed E-state index contributed by atoms with van der Waals surface area (Å²) < 4.78 is 0. The fourth-order valence-electron chi connectivity index (χ4n) is 1.69. The lowest BCUT2D eigenvalue weighted by Gasteiger charge is -2.00. The Balaban J connectivity index is 2.25. The minimum atomic E-state index is 1.06. The zero-order valence-electron chi connectivity index (χ0n) is 7.20. The summed E-state index contributed by atoms with van der Waals surface area (Å²) in [5, 5.41) is 0. The summed E-state index contributed by atoms with van der Waals surface area (Å²) in [6.45, 7) is 0. The van der Waals surface area contributed by atoms with Crippen molar-refractivity contribution >= 4 is 17.9 Å². The molecule has 2 aliphatic rings. The minimum Gasteiger partial charge on any atom is -0.261 e. The summed E-state index contributed by atoms with van der Waals surface area (Å²) in [4.78, 5) is 4.32. The number of hydrogen-bond acceptors (Lipinski definition) is 1. The third-order valence-electron chi connectivity index (χ3n) is 2.45. The first kappa shape index (κ1) is 6.84. The molecule has 13 heavy (non-hydrogen) atoms. The van der Waals surface area contributed by atoms with Crippen LogP contribution in [0.25, 0.3) is 11.6 Å². The van der Waals surface area contributed by atoms with Crippen LogP contribution in [-0.4, -0.2) is 6.21 Å². The van der Waals surface area contributed by atoms with Gasteiger partial charge < -0.3 is 0 Å². The van der Waals surface area contributed by atoms with Crippen LogP contribution in [0.3, 0.4) is 0 Å². The van der Waals surface area contributed by atoms with Crippen LogP contribution in [0.5, 0.6) is 0 Å². The highest BCUT2D eigenvalue weighted by Crippen LogP contribution is 2.42. The van der Waals surface area contributed by atoms with Gasteiger partial charge in [-0.1, -0.05) is 30.3 Å². The number of benzene rings is 1. The summed E-state index contributed by atoms with van der Waals surface area (Å²) in [5.74, 6) is 0. The second kappa shape index (κ2) is 2.43. The van der Waals surface area contributed by atoms with E-state index >= 15 is 0 Å². The molecule has 1 heteroatoms. The van der Waals surface area contributed by atoms with Crippen molar-refractivity contribution in [2.45, 2.75) is 6.42 Å². The van der Waals surface area contributed by atoms with E-state index in [9.17, 15) is 0 Å². The zero-order valence-corrected chi connectivity index (χ0v) is 7.20. The van der Waals surface area contributed by atoms with Gasteiger partial charge in [0.15, 0.2) is 0 Å². The second-order valence-electron chi connectivity index (χ2n) is 3.33. The Hall–Kier alpha value is -1.63. The van der Waals surface area contributed by atoms with E-state index in [1.165, 1.54) is 22.4 Å². The van der Waals surface area contributed by atoms with E-state index in [0.29, 0.717) is 0 Å². The molecule has 0 radical (unpaired) electrons. The van der Waals surface area contributed by atoms with Gasteiger partial charge in [0.1, 0.15) is 0 Å². The quantitative estimate of drug-likeness (QED) is 0.563. The Morgan fingerprint density at radius 1 is 1.15 bits per heavy atom. The van der Waals surface area contributed by atoms with Gasteiger partial charge in [-0.05, 0) is 22.8 Å². The smallest absolute Gasteiger partial charge is 0.0490 e. The molecule has 3 rings (SSSR count). The number of fused-ring (bicyclic) bond motifs is 2. The molecule has 0 atom stereocenters. The van der Waals surface area contributed by atoms with Gasteiger partial charge in [-0.25, -0.2) is 0 Å². The van der Waals surface area contributed by atoms with Crippen LogP contribution in [-0.2, 0) is 0 Å². The molecule has 0 N–H and O–H groups in total. The Bertz CT molecular complexity index is 450. The number of allylic oxidation sites excluding steroid dienone is 3. The van der Waals surface area contributed by atoms with Crippen LogP contribution in [0.1, 0.15) is 17.5 Å². The lowest BCUT2D eigenvalue weighted by molar-refractivity contribution is 1.41. The van der Waals surface area contributed by atoms with Crippen molar-refractivity contribution < 1.29 is 0 Å². The molecular formula is C12H9N. The maximum atomic E-state index is 4.32. The zero-order chi connectivity index (χ0) is 8.67. The molecule has 0 bridgehead atoms. The van der Waals surface area contributed by atoms with Gasteiger partial charge in [0, 0.05) is 18.3 Å². The SMILES string of the molecule is C1=NC2=C(C2)c2ccccc2/C=C\1. The topological polar surface area (TPSA) is 12.4 Å². The number of rotatable bonds is 0. The first-order valence-corrected chi connectivity index (χ1v) is 4.47. The van der Waals surface area contributed by atoms with E-state index < -0.39 is 0 Å². The normalized spacial score (nSPS) is 20.0. The Morgan fingerprint density at radius 2 is 2.08 bits per heavy atom. The van der Waals surface area contributed by atoms with E-state index in [1.54, 1.807) is 0 Å². The monoisotopic (exact) mass is 167 g/mol.